The van der Waals surface area contributed by atoms with E-state index in [1.54, 1.807) is 12.4 Å². The van der Waals surface area contributed by atoms with Gasteiger partial charge in [0.1, 0.15) is 11.5 Å². The maximum atomic E-state index is 13.5. The van der Waals surface area contributed by atoms with Crippen molar-refractivity contribution in [2.45, 2.75) is 38.3 Å². The molecule has 30 heavy (non-hydrogen) atoms. The summed E-state index contributed by atoms with van der Waals surface area (Å²) in [6, 6.07) is 6.77. The summed E-state index contributed by atoms with van der Waals surface area (Å²) in [4.78, 5) is 25.4. The molecule has 3 aromatic rings. The van der Waals surface area contributed by atoms with E-state index in [0.717, 1.165) is 31.2 Å². The second kappa shape index (κ2) is 7.47. The Bertz CT molecular complexity index is 1060. The summed E-state index contributed by atoms with van der Waals surface area (Å²) >= 11 is 0. The molecule has 0 aromatic carbocycles. The summed E-state index contributed by atoms with van der Waals surface area (Å²) < 4.78 is 18.8. The first-order valence-electron chi connectivity index (χ1n) is 10.0. The summed E-state index contributed by atoms with van der Waals surface area (Å²) in [6.45, 7) is 2.31. The SMILES string of the molecule is Cc1ccc(-n2nccn2)c(C(=O)N2C3CCC2C(COc2ccc(F)cn2)C3)n1. The van der Waals surface area contributed by atoms with Crippen molar-refractivity contribution in [3.8, 4) is 11.6 Å². The predicted octanol–water partition coefficient (Wildman–Crippen LogP) is 2.58. The molecule has 0 spiro atoms. The Kier molecular flexibility index (Phi) is 4.65. The average Bonchev–Trinajstić information content (AvgIpc) is 3.49. The van der Waals surface area contributed by atoms with Crippen molar-refractivity contribution in [3.63, 3.8) is 0 Å². The van der Waals surface area contributed by atoms with Gasteiger partial charge < -0.3 is 9.64 Å². The minimum Gasteiger partial charge on any atom is -0.477 e. The molecule has 3 unspecified atom stereocenters. The Hall–Kier alpha value is -3.36. The number of aromatic nitrogens is 5. The van der Waals surface area contributed by atoms with E-state index in [4.69, 9.17) is 4.74 Å². The molecule has 0 aliphatic carbocycles. The normalized spacial score (nSPS) is 22.5. The van der Waals surface area contributed by atoms with Crippen LogP contribution in [-0.4, -0.2) is 54.5 Å². The lowest BCUT2D eigenvalue weighted by Crippen LogP contribution is -2.38. The third kappa shape index (κ3) is 3.30. The van der Waals surface area contributed by atoms with Crippen LogP contribution >= 0.6 is 0 Å². The summed E-state index contributed by atoms with van der Waals surface area (Å²) in [5.74, 6) is 0.105. The topological polar surface area (TPSA) is 86.0 Å². The molecule has 5 heterocycles. The Morgan fingerprint density at radius 1 is 1.20 bits per heavy atom. The van der Waals surface area contributed by atoms with Crippen molar-refractivity contribution in [3.05, 3.63) is 60.1 Å². The standard InChI is InChI=1S/C21H21FN6O2/c1-13-2-5-18(28-24-8-9-25-28)20(26-13)21(29)27-16-4-6-17(27)14(10-16)12-30-19-7-3-15(22)11-23-19/h2-3,5,7-9,11,14,16-17H,4,6,10,12H2,1H3. The monoisotopic (exact) mass is 408 g/mol. The highest BCUT2D eigenvalue weighted by Crippen LogP contribution is 2.42. The second-order valence-corrected chi connectivity index (χ2v) is 7.77. The maximum Gasteiger partial charge on any atom is 0.275 e. The van der Waals surface area contributed by atoms with E-state index >= 15 is 0 Å². The van der Waals surface area contributed by atoms with Crippen molar-refractivity contribution >= 4 is 5.91 Å². The van der Waals surface area contributed by atoms with Crippen molar-refractivity contribution in [2.75, 3.05) is 6.61 Å². The fraction of sp³-hybridized carbons (Fsp3) is 0.381. The number of carbonyl (C=O) groups excluding carboxylic acids is 1. The van der Waals surface area contributed by atoms with Crippen LogP contribution in [0.2, 0.25) is 0 Å². The molecule has 2 aliphatic rings. The van der Waals surface area contributed by atoms with Crippen LogP contribution < -0.4 is 4.74 Å². The van der Waals surface area contributed by atoms with Gasteiger partial charge in [-0.3, -0.25) is 4.79 Å². The number of amides is 1. The van der Waals surface area contributed by atoms with Gasteiger partial charge in [-0.15, -0.1) is 4.80 Å². The Balaban J connectivity index is 1.36. The number of carbonyl (C=O) groups is 1. The quantitative estimate of drug-likeness (QED) is 0.645. The van der Waals surface area contributed by atoms with Gasteiger partial charge in [0.05, 0.1) is 25.2 Å². The van der Waals surface area contributed by atoms with E-state index in [-0.39, 0.29) is 23.9 Å². The average molecular weight is 408 g/mol. The molecule has 154 valence electrons. The molecule has 2 fully saturated rings. The first-order valence-corrected chi connectivity index (χ1v) is 10.0. The van der Waals surface area contributed by atoms with Gasteiger partial charge in [-0.25, -0.2) is 14.4 Å². The molecule has 2 saturated heterocycles. The molecule has 9 heteroatoms. The van der Waals surface area contributed by atoms with Gasteiger partial charge in [-0.1, -0.05) is 0 Å². The zero-order valence-corrected chi connectivity index (χ0v) is 16.5. The molecule has 3 aromatic heterocycles. The largest absolute Gasteiger partial charge is 0.477 e. The minimum absolute atomic E-state index is 0.0868. The number of rotatable bonds is 5. The fourth-order valence-electron chi connectivity index (χ4n) is 4.58. The summed E-state index contributed by atoms with van der Waals surface area (Å²) in [6.07, 6.45) is 7.07. The van der Waals surface area contributed by atoms with Crippen LogP contribution in [0, 0.1) is 18.7 Å². The lowest BCUT2D eigenvalue weighted by molar-refractivity contribution is 0.0703. The van der Waals surface area contributed by atoms with Crippen LogP contribution in [0.3, 0.4) is 0 Å². The van der Waals surface area contributed by atoms with E-state index in [1.807, 2.05) is 24.0 Å². The summed E-state index contributed by atoms with van der Waals surface area (Å²) in [7, 11) is 0. The van der Waals surface area contributed by atoms with Crippen LogP contribution in [0.15, 0.2) is 42.9 Å². The molecule has 0 saturated carbocycles. The number of fused-ring (bicyclic) bond motifs is 2. The highest BCUT2D eigenvalue weighted by atomic mass is 19.1. The van der Waals surface area contributed by atoms with E-state index in [9.17, 15) is 9.18 Å². The molecule has 2 bridgehead atoms. The zero-order chi connectivity index (χ0) is 20.7. The number of hydrogen-bond donors (Lipinski definition) is 0. The first kappa shape index (κ1) is 18.7. The Labute approximate surface area is 172 Å². The smallest absolute Gasteiger partial charge is 0.275 e. The van der Waals surface area contributed by atoms with E-state index in [2.05, 4.69) is 20.2 Å². The van der Waals surface area contributed by atoms with Gasteiger partial charge in [0.2, 0.25) is 5.88 Å². The van der Waals surface area contributed by atoms with E-state index in [0.29, 0.717) is 23.9 Å². The third-order valence-electron chi connectivity index (χ3n) is 5.90. The molecule has 1 amide bonds. The predicted molar refractivity (Wildman–Crippen MR) is 105 cm³/mol. The van der Waals surface area contributed by atoms with Gasteiger partial charge >= 0.3 is 0 Å². The molecule has 5 rings (SSSR count). The van der Waals surface area contributed by atoms with Crippen LogP contribution in [0.25, 0.3) is 5.69 Å². The van der Waals surface area contributed by atoms with Gasteiger partial charge in [-0.2, -0.15) is 10.2 Å². The summed E-state index contributed by atoms with van der Waals surface area (Å²) in [5, 5.41) is 8.33. The fourth-order valence-corrected chi connectivity index (χ4v) is 4.58. The third-order valence-corrected chi connectivity index (χ3v) is 5.90. The highest BCUT2D eigenvalue weighted by molar-refractivity contribution is 5.96. The first-order chi connectivity index (χ1) is 14.6. The number of nitrogens with zero attached hydrogens (tertiary/aromatic N) is 6. The number of ether oxygens (including phenoxy) is 1. The van der Waals surface area contributed by atoms with Crippen LogP contribution in [-0.2, 0) is 0 Å². The van der Waals surface area contributed by atoms with E-state index < -0.39 is 5.82 Å². The van der Waals surface area contributed by atoms with Crippen LogP contribution in [0.4, 0.5) is 4.39 Å². The molecule has 0 N–H and O–H groups in total. The van der Waals surface area contributed by atoms with Gasteiger partial charge in [0, 0.05) is 29.8 Å². The van der Waals surface area contributed by atoms with Crippen molar-refractivity contribution in [1.82, 2.24) is 29.9 Å². The van der Waals surface area contributed by atoms with Crippen molar-refractivity contribution < 1.29 is 13.9 Å². The van der Waals surface area contributed by atoms with Crippen molar-refractivity contribution in [2.24, 2.45) is 5.92 Å². The molecule has 0 radical (unpaired) electrons. The molecular formula is C21H21FN6O2. The zero-order valence-electron chi connectivity index (χ0n) is 16.5. The lowest BCUT2D eigenvalue weighted by Gasteiger charge is -2.25. The Morgan fingerprint density at radius 3 is 2.80 bits per heavy atom. The Morgan fingerprint density at radius 2 is 2.03 bits per heavy atom. The number of pyridine rings is 2. The second-order valence-electron chi connectivity index (χ2n) is 7.77. The highest BCUT2D eigenvalue weighted by Gasteiger charge is 2.49. The molecular weight excluding hydrogens is 387 g/mol. The van der Waals surface area contributed by atoms with Gasteiger partial charge in [-0.05, 0) is 44.4 Å². The van der Waals surface area contributed by atoms with Gasteiger partial charge in [0.15, 0.2) is 5.69 Å². The number of aryl methyl sites for hydroxylation is 1. The maximum absolute atomic E-state index is 13.5. The van der Waals surface area contributed by atoms with Gasteiger partial charge in [0.25, 0.3) is 5.91 Å². The number of halogens is 1. The molecule has 2 aliphatic heterocycles. The van der Waals surface area contributed by atoms with Crippen LogP contribution in [0.5, 0.6) is 5.88 Å². The number of hydrogen-bond acceptors (Lipinski definition) is 6. The molecule has 3 atom stereocenters. The summed E-state index contributed by atoms with van der Waals surface area (Å²) in [5.41, 5.74) is 1.71. The van der Waals surface area contributed by atoms with Crippen molar-refractivity contribution in [1.29, 1.82) is 0 Å². The minimum atomic E-state index is -0.396. The van der Waals surface area contributed by atoms with Crippen LogP contribution in [0.1, 0.15) is 35.4 Å². The van der Waals surface area contributed by atoms with E-state index in [1.165, 1.54) is 16.9 Å². The lowest BCUT2D eigenvalue weighted by atomic mass is 9.90. The molecule has 8 nitrogen and oxygen atoms in total.